The van der Waals surface area contributed by atoms with Crippen molar-refractivity contribution >= 4 is 9.84 Å². The van der Waals surface area contributed by atoms with Crippen molar-refractivity contribution in [2.45, 2.75) is 21.9 Å². The fourth-order valence-electron chi connectivity index (χ4n) is 2.95. The number of alkyl halides is 3. The van der Waals surface area contributed by atoms with Crippen LogP contribution in [0, 0.1) is 5.82 Å². The quantitative estimate of drug-likeness (QED) is 0.783. The van der Waals surface area contributed by atoms with E-state index in [2.05, 4.69) is 10.3 Å². The van der Waals surface area contributed by atoms with Crippen molar-refractivity contribution in [3.8, 4) is 0 Å². The number of nitrogens with one attached hydrogen (secondary N) is 1. The molecule has 0 saturated carbocycles. The van der Waals surface area contributed by atoms with Gasteiger partial charge in [0.15, 0.2) is 9.84 Å². The van der Waals surface area contributed by atoms with Gasteiger partial charge in [-0.15, -0.1) is 0 Å². The van der Waals surface area contributed by atoms with Gasteiger partial charge in [0.25, 0.3) is 0 Å². The van der Waals surface area contributed by atoms with Gasteiger partial charge in [0.1, 0.15) is 22.4 Å². The van der Waals surface area contributed by atoms with Gasteiger partial charge in [0, 0.05) is 19.3 Å². The summed E-state index contributed by atoms with van der Waals surface area (Å²) in [5.74, 6) is -0.547. The highest BCUT2D eigenvalue weighted by Crippen LogP contribution is 2.36. The molecule has 1 fully saturated rings. The number of sulfone groups is 1. The molecule has 2 atom stereocenters. The van der Waals surface area contributed by atoms with Gasteiger partial charge < -0.3 is 10.4 Å². The van der Waals surface area contributed by atoms with Crippen molar-refractivity contribution in [2.75, 3.05) is 13.1 Å². The summed E-state index contributed by atoms with van der Waals surface area (Å²) in [5.41, 5.74) is -2.87. The summed E-state index contributed by atoms with van der Waals surface area (Å²) < 4.78 is 76.6. The zero-order valence-electron chi connectivity index (χ0n) is 13.2. The maximum absolute atomic E-state index is 13.1. The lowest BCUT2D eigenvalue weighted by molar-refractivity contribution is -0.141. The fourth-order valence-corrected chi connectivity index (χ4v) is 4.81. The van der Waals surface area contributed by atoms with E-state index in [0.717, 1.165) is 18.2 Å². The van der Waals surface area contributed by atoms with Crippen molar-refractivity contribution in [1.82, 2.24) is 10.3 Å². The van der Waals surface area contributed by atoms with Gasteiger partial charge in [0.2, 0.25) is 0 Å². The van der Waals surface area contributed by atoms with E-state index >= 15 is 0 Å². The third-order valence-electron chi connectivity index (χ3n) is 4.33. The molecule has 1 aliphatic heterocycles. The van der Waals surface area contributed by atoms with Crippen molar-refractivity contribution in [2.24, 2.45) is 0 Å². The van der Waals surface area contributed by atoms with Gasteiger partial charge in [-0.2, -0.15) is 13.2 Å². The van der Waals surface area contributed by atoms with Crippen LogP contribution in [-0.2, 0) is 21.6 Å². The SMILES string of the molecule is O=S(=O)(c1ccc(C(F)(F)F)nc1)C1CNCC1(O)c1ccc(F)cc1. The van der Waals surface area contributed by atoms with Gasteiger partial charge >= 0.3 is 6.18 Å². The number of halogens is 4. The minimum Gasteiger partial charge on any atom is -0.382 e. The number of rotatable bonds is 3. The number of aromatic nitrogens is 1. The molecule has 0 bridgehead atoms. The maximum atomic E-state index is 13.1. The summed E-state index contributed by atoms with van der Waals surface area (Å²) in [7, 11) is -4.20. The molecule has 0 spiro atoms. The van der Waals surface area contributed by atoms with Gasteiger partial charge in [-0.25, -0.2) is 12.8 Å². The van der Waals surface area contributed by atoms with Gasteiger partial charge in [-0.1, -0.05) is 12.1 Å². The molecule has 26 heavy (non-hydrogen) atoms. The van der Waals surface area contributed by atoms with Crippen molar-refractivity contribution in [3.05, 3.63) is 59.7 Å². The largest absolute Gasteiger partial charge is 0.433 e. The van der Waals surface area contributed by atoms with Crippen LogP contribution in [0.4, 0.5) is 17.6 Å². The van der Waals surface area contributed by atoms with E-state index in [1.165, 1.54) is 12.1 Å². The van der Waals surface area contributed by atoms with Gasteiger partial charge in [-0.05, 0) is 29.8 Å². The topological polar surface area (TPSA) is 79.3 Å². The molecule has 140 valence electrons. The van der Waals surface area contributed by atoms with Crippen molar-refractivity contribution < 1.29 is 31.1 Å². The Balaban J connectivity index is 1.99. The van der Waals surface area contributed by atoms with Crippen LogP contribution in [0.15, 0.2) is 47.5 Å². The number of benzene rings is 1. The third-order valence-corrected chi connectivity index (χ3v) is 6.54. The number of β-amino-alcohol motifs (C(OH)–C–C–N with tert-alkyl or cyclic N) is 1. The summed E-state index contributed by atoms with van der Waals surface area (Å²) in [6.45, 7) is -0.214. The summed E-state index contributed by atoms with van der Waals surface area (Å²) >= 11 is 0. The molecule has 1 aromatic heterocycles. The Morgan fingerprint density at radius 3 is 2.35 bits per heavy atom. The number of aliphatic hydroxyl groups is 1. The van der Waals surface area contributed by atoms with E-state index < -0.39 is 43.3 Å². The van der Waals surface area contributed by atoms with Crippen LogP contribution < -0.4 is 5.32 Å². The minimum absolute atomic E-state index is 0.101. The Labute approximate surface area is 146 Å². The zero-order valence-corrected chi connectivity index (χ0v) is 14.0. The molecule has 1 aromatic carbocycles. The molecule has 2 unspecified atom stereocenters. The Bertz CT molecular complexity index is 899. The minimum atomic E-state index is -4.69. The summed E-state index contributed by atoms with van der Waals surface area (Å²) in [4.78, 5) is 2.73. The van der Waals surface area contributed by atoms with Crippen LogP contribution in [0.3, 0.4) is 0 Å². The second-order valence-corrected chi connectivity index (χ2v) is 8.10. The summed E-state index contributed by atoms with van der Waals surface area (Å²) in [5, 5.41) is 12.3. The van der Waals surface area contributed by atoms with Crippen molar-refractivity contribution in [1.29, 1.82) is 0 Å². The van der Waals surface area contributed by atoms with Crippen LogP contribution in [0.5, 0.6) is 0 Å². The molecule has 2 aromatic rings. The van der Waals surface area contributed by atoms with Crippen molar-refractivity contribution in [3.63, 3.8) is 0 Å². The van der Waals surface area contributed by atoms with E-state index in [4.69, 9.17) is 0 Å². The summed E-state index contributed by atoms with van der Waals surface area (Å²) in [6.07, 6.45) is -4.06. The van der Waals surface area contributed by atoms with Crippen LogP contribution in [0.25, 0.3) is 0 Å². The normalized spacial score (nSPS) is 24.0. The van der Waals surface area contributed by atoms with Gasteiger partial charge in [0.05, 0.1) is 4.90 Å². The molecule has 1 saturated heterocycles. The zero-order chi connectivity index (χ0) is 19.2. The molecule has 1 aliphatic rings. The Hall–Kier alpha value is -2.04. The van der Waals surface area contributed by atoms with E-state index in [1.807, 2.05) is 0 Å². The lowest BCUT2D eigenvalue weighted by atomic mass is 9.93. The highest BCUT2D eigenvalue weighted by Gasteiger charge is 2.50. The first kappa shape index (κ1) is 18.7. The predicted molar refractivity (Wildman–Crippen MR) is 83.4 cm³/mol. The first-order valence-corrected chi connectivity index (χ1v) is 9.06. The molecule has 0 radical (unpaired) electrons. The first-order valence-electron chi connectivity index (χ1n) is 7.51. The Morgan fingerprint density at radius 1 is 1.15 bits per heavy atom. The van der Waals surface area contributed by atoms with Crippen LogP contribution >= 0.6 is 0 Å². The summed E-state index contributed by atoms with van der Waals surface area (Å²) in [6, 6.07) is 6.12. The highest BCUT2D eigenvalue weighted by molar-refractivity contribution is 7.92. The Morgan fingerprint density at radius 2 is 1.81 bits per heavy atom. The second kappa shape index (κ2) is 6.29. The number of hydrogen-bond donors (Lipinski definition) is 2. The molecule has 5 nitrogen and oxygen atoms in total. The number of pyridine rings is 1. The van der Waals surface area contributed by atoms with Crippen LogP contribution in [0.1, 0.15) is 11.3 Å². The van der Waals surface area contributed by atoms with Crippen LogP contribution in [0.2, 0.25) is 0 Å². The highest BCUT2D eigenvalue weighted by atomic mass is 32.2. The molecule has 2 heterocycles. The lowest BCUT2D eigenvalue weighted by Crippen LogP contribution is -2.43. The molecular formula is C16H14F4N2O3S. The number of hydrogen-bond acceptors (Lipinski definition) is 5. The van der Waals surface area contributed by atoms with E-state index in [-0.39, 0.29) is 18.7 Å². The standard InChI is InChI=1S/C16H14F4N2O3S/c17-11-3-1-10(2-4-11)15(23)9-21-8-14(15)26(24,25)12-5-6-13(22-7-12)16(18,19)20/h1-7,14,21,23H,8-9H2. The number of nitrogens with zero attached hydrogens (tertiary/aromatic N) is 1. The van der Waals surface area contributed by atoms with E-state index in [0.29, 0.717) is 12.3 Å². The Kier molecular flexibility index (Phi) is 4.53. The second-order valence-electron chi connectivity index (χ2n) is 5.97. The first-order chi connectivity index (χ1) is 12.0. The average Bonchev–Trinajstić information content (AvgIpc) is 2.98. The van der Waals surface area contributed by atoms with Gasteiger partial charge in [-0.3, -0.25) is 4.98 Å². The monoisotopic (exact) mass is 390 g/mol. The lowest BCUT2D eigenvalue weighted by Gasteiger charge is -2.29. The molecule has 0 amide bonds. The molecule has 3 rings (SSSR count). The smallest absolute Gasteiger partial charge is 0.382 e. The van der Waals surface area contributed by atoms with E-state index in [9.17, 15) is 31.1 Å². The third kappa shape index (κ3) is 3.19. The predicted octanol–water partition coefficient (Wildman–Crippen LogP) is 1.87. The molecule has 10 heteroatoms. The molecule has 0 aliphatic carbocycles. The maximum Gasteiger partial charge on any atom is 0.433 e. The fraction of sp³-hybridized carbons (Fsp3) is 0.312. The van der Waals surface area contributed by atoms with Crippen LogP contribution in [-0.4, -0.2) is 36.8 Å². The molecular weight excluding hydrogens is 376 g/mol. The van der Waals surface area contributed by atoms with E-state index in [1.54, 1.807) is 0 Å². The average molecular weight is 390 g/mol. The molecule has 2 N–H and O–H groups in total.